The van der Waals surface area contributed by atoms with E-state index in [2.05, 4.69) is 225 Å². The Labute approximate surface area is 427 Å². The largest absolute Gasteiger partial charge is 0.456 e. The van der Waals surface area contributed by atoms with Gasteiger partial charge in [-0.2, -0.15) is 0 Å². The monoisotopic (exact) mass is 1110 g/mol. The predicted octanol–water partition coefficient (Wildman–Crippen LogP) is 17.4. The molecule has 4 aromatic heterocycles. The van der Waals surface area contributed by atoms with Crippen LogP contribution < -0.4 is 5.19 Å². The smallest absolute Gasteiger partial charge is 0.135 e. The van der Waals surface area contributed by atoms with Crippen molar-refractivity contribution in [1.82, 2.24) is 15.0 Å². The van der Waals surface area contributed by atoms with Crippen LogP contribution in [-0.2, 0) is 32.9 Å². The van der Waals surface area contributed by atoms with E-state index in [4.69, 9.17) is 9.40 Å². The molecule has 0 aliphatic rings. The first kappa shape index (κ1) is 52.6. The van der Waals surface area contributed by atoms with Crippen LogP contribution in [0.15, 0.2) is 181 Å². The topological polar surface area (TPSA) is 51.8 Å². The van der Waals surface area contributed by atoms with Crippen LogP contribution in [0.5, 0.6) is 0 Å². The SMILES string of the molecule is CC(C)(C)Cc1cc(-c2ccccc2)ncc1[Si](C)(C)C.CC(C)(C)Cc1ccnc(-c2ccccc2)c1.CCC(CC)c1ccnc(-c2ccc3oc4ccc(-c5ccccc5)cc4c3c2)c1.[Ir]. The van der Waals surface area contributed by atoms with E-state index in [1.165, 1.54) is 44.1 Å². The molecule has 0 spiro atoms. The zero-order valence-electron chi connectivity index (χ0n) is 42.7. The van der Waals surface area contributed by atoms with Gasteiger partial charge in [-0.3, -0.25) is 15.0 Å². The van der Waals surface area contributed by atoms with Gasteiger partial charge in [-0.1, -0.05) is 172 Å². The number of hydrogen-bond acceptors (Lipinski definition) is 4. The summed E-state index contributed by atoms with van der Waals surface area (Å²) in [5, 5.41) is 3.77. The first-order valence-corrected chi connectivity index (χ1v) is 28.0. The van der Waals surface area contributed by atoms with E-state index in [9.17, 15) is 0 Å². The second kappa shape index (κ2) is 23.2. The molecule has 357 valence electrons. The number of hydrogen-bond donors (Lipinski definition) is 0. The summed E-state index contributed by atoms with van der Waals surface area (Å²) in [7, 11) is -1.36. The minimum atomic E-state index is -1.36. The summed E-state index contributed by atoms with van der Waals surface area (Å²) in [6, 6.07) is 55.1. The number of furan rings is 1. The summed E-state index contributed by atoms with van der Waals surface area (Å²) >= 11 is 0. The third-order valence-electron chi connectivity index (χ3n) is 12.3. The van der Waals surface area contributed by atoms with Gasteiger partial charge in [0.25, 0.3) is 0 Å². The van der Waals surface area contributed by atoms with Gasteiger partial charge in [-0.25, -0.2) is 0 Å². The Kier molecular flexibility index (Phi) is 17.7. The van der Waals surface area contributed by atoms with Crippen molar-refractivity contribution in [2.75, 3.05) is 0 Å². The van der Waals surface area contributed by atoms with E-state index < -0.39 is 8.07 Å². The van der Waals surface area contributed by atoms with Crippen LogP contribution in [0.4, 0.5) is 0 Å². The number of rotatable bonds is 10. The van der Waals surface area contributed by atoms with Crippen LogP contribution in [-0.4, -0.2) is 23.0 Å². The van der Waals surface area contributed by atoms with Crippen LogP contribution >= 0.6 is 0 Å². The minimum absolute atomic E-state index is 0. The maximum absolute atomic E-state index is 6.11. The van der Waals surface area contributed by atoms with E-state index in [0.29, 0.717) is 16.7 Å². The fourth-order valence-electron chi connectivity index (χ4n) is 8.99. The number of nitrogens with zero attached hydrogens (tertiary/aromatic N) is 3. The molecule has 4 heterocycles. The number of fused-ring (bicyclic) bond motifs is 3. The molecule has 0 aliphatic heterocycles. The summed E-state index contributed by atoms with van der Waals surface area (Å²) in [6.45, 7) is 25.4. The maximum Gasteiger partial charge on any atom is 0.135 e. The van der Waals surface area contributed by atoms with Gasteiger partial charge in [0.05, 0.1) is 25.2 Å². The van der Waals surface area contributed by atoms with Crippen molar-refractivity contribution >= 4 is 35.2 Å². The van der Waals surface area contributed by atoms with Crippen molar-refractivity contribution in [2.24, 2.45) is 10.8 Å². The summed E-state index contributed by atoms with van der Waals surface area (Å²) in [5.41, 5.74) is 15.7. The Hall–Kier alpha value is -5.78. The van der Waals surface area contributed by atoms with E-state index in [0.717, 1.165) is 70.3 Å². The molecule has 0 atom stereocenters. The van der Waals surface area contributed by atoms with Crippen molar-refractivity contribution in [2.45, 2.75) is 107 Å². The fraction of sp³-hybridized carbons (Fsp3) is 0.286. The van der Waals surface area contributed by atoms with Crippen molar-refractivity contribution in [3.8, 4) is 44.9 Å². The molecule has 4 nitrogen and oxygen atoms in total. The predicted molar refractivity (Wildman–Crippen MR) is 294 cm³/mol. The third kappa shape index (κ3) is 14.4. The van der Waals surface area contributed by atoms with Gasteiger partial charge >= 0.3 is 0 Å². The Morgan fingerprint density at radius 3 is 1.48 bits per heavy atom. The van der Waals surface area contributed by atoms with Crippen molar-refractivity contribution in [1.29, 1.82) is 0 Å². The normalized spacial score (nSPS) is 11.7. The van der Waals surface area contributed by atoms with E-state index in [1.807, 2.05) is 36.7 Å². The second-order valence-corrected chi connectivity index (χ2v) is 26.6. The van der Waals surface area contributed by atoms with Gasteiger partial charge in [0.2, 0.25) is 0 Å². The molecule has 9 aromatic rings. The zero-order chi connectivity index (χ0) is 48.5. The molecular formula is C63H71IrN3OSi. The Bertz CT molecular complexity index is 3030. The molecule has 6 heteroatoms. The molecule has 0 N–H and O–H groups in total. The molecule has 5 aromatic carbocycles. The van der Waals surface area contributed by atoms with Gasteiger partial charge in [0.15, 0.2) is 0 Å². The average Bonchev–Trinajstić information content (AvgIpc) is 3.69. The molecule has 1 radical (unpaired) electrons. The van der Waals surface area contributed by atoms with Gasteiger partial charge < -0.3 is 4.42 Å². The molecule has 69 heavy (non-hydrogen) atoms. The summed E-state index contributed by atoms with van der Waals surface area (Å²) in [4.78, 5) is 13.8. The average molecular weight is 1110 g/mol. The first-order valence-electron chi connectivity index (χ1n) is 24.5. The van der Waals surface area contributed by atoms with Crippen LogP contribution in [0.25, 0.3) is 66.8 Å². The summed E-state index contributed by atoms with van der Waals surface area (Å²) in [6.07, 6.45) is 10.5. The molecule has 0 amide bonds. The van der Waals surface area contributed by atoms with Crippen molar-refractivity contribution < 1.29 is 24.5 Å². The number of benzene rings is 5. The van der Waals surface area contributed by atoms with Gasteiger partial charge in [-0.15, -0.1) is 0 Å². The molecule has 0 fully saturated rings. The molecule has 0 bridgehead atoms. The number of aromatic nitrogens is 3. The Morgan fingerprint density at radius 1 is 0.478 bits per heavy atom. The zero-order valence-corrected chi connectivity index (χ0v) is 46.1. The Morgan fingerprint density at radius 2 is 0.957 bits per heavy atom. The first-order chi connectivity index (χ1) is 32.5. The van der Waals surface area contributed by atoms with Crippen LogP contribution in [0.3, 0.4) is 0 Å². The van der Waals surface area contributed by atoms with Crippen LogP contribution in [0, 0.1) is 10.8 Å². The summed E-state index contributed by atoms with van der Waals surface area (Å²) < 4.78 is 6.11. The molecular weight excluding hydrogens is 1040 g/mol. The van der Waals surface area contributed by atoms with Gasteiger partial charge in [0.1, 0.15) is 11.2 Å². The maximum atomic E-state index is 6.11. The quantitative estimate of drug-likeness (QED) is 0.128. The number of pyridine rings is 3. The van der Waals surface area contributed by atoms with Crippen molar-refractivity contribution in [3.63, 3.8) is 0 Å². The summed E-state index contributed by atoms with van der Waals surface area (Å²) in [5.74, 6) is 0.582. The standard InChI is InChI=1S/C28H25NO.C19H27NSi.C16H19N.Ir/c1-3-19(4-2)22-14-15-29-26(18-22)23-11-13-28-25(17-23)24-16-21(10-12-27(24)30-28)20-8-6-5-7-9-20;1-19(2,3)13-16-12-17(15-10-8-7-9-11-15)20-14-18(16)21(4,5)6;1-16(2,3)12-13-9-10-17-15(11-13)14-7-5-4-6-8-14;/h5-19H,3-4H2,1-2H3;7-12,14H,13H2,1-6H3;4-11H,12H2,1-3H3;. The third-order valence-corrected chi connectivity index (χ3v) is 14.4. The van der Waals surface area contributed by atoms with Gasteiger partial charge in [-0.05, 0) is 136 Å². The second-order valence-electron chi connectivity index (χ2n) is 21.6. The van der Waals surface area contributed by atoms with Gasteiger partial charge in [0, 0.05) is 66.2 Å². The van der Waals surface area contributed by atoms with E-state index in [-0.39, 0.29) is 20.1 Å². The molecule has 0 aliphatic carbocycles. The van der Waals surface area contributed by atoms with Crippen LogP contribution in [0.1, 0.15) is 90.8 Å². The van der Waals surface area contributed by atoms with E-state index in [1.54, 1.807) is 0 Å². The molecule has 0 saturated carbocycles. The van der Waals surface area contributed by atoms with Crippen molar-refractivity contribution in [3.05, 3.63) is 193 Å². The fourth-order valence-corrected chi connectivity index (χ4v) is 10.6. The van der Waals surface area contributed by atoms with E-state index >= 15 is 0 Å². The van der Waals surface area contributed by atoms with Crippen LogP contribution in [0.2, 0.25) is 19.6 Å². The Balaban J connectivity index is 0.000000177. The minimum Gasteiger partial charge on any atom is -0.456 e. The molecule has 0 unspecified atom stereocenters. The molecule has 9 rings (SSSR count). The molecule has 0 saturated heterocycles.